The van der Waals surface area contributed by atoms with Crippen molar-refractivity contribution in [1.82, 2.24) is 5.32 Å². The van der Waals surface area contributed by atoms with Crippen molar-refractivity contribution in [3.8, 4) is 0 Å². The van der Waals surface area contributed by atoms with Crippen LogP contribution in [0.5, 0.6) is 0 Å². The molecule has 0 aliphatic rings. The molecule has 0 aromatic heterocycles. The van der Waals surface area contributed by atoms with Crippen molar-refractivity contribution < 1.29 is 4.79 Å². The van der Waals surface area contributed by atoms with E-state index in [0.717, 1.165) is 6.42 Å². The third-order valence-electron chi connectivity index (χ3n) is 2.66. The molecule has 0 aliphatic carbocycles. The molecule has 3 N–H and O–H groups in total. The van der Waals surface area contributed by atoms with Crippen LogP contribution in [0.4, 0.5) is 0 Å². The van der Waals surface area contributed by atoms with Gasteiger partial charge in [0, 0.05) is 6.54 Å². The molecule has 1 unspecified atom stereocenters. The van der Waals surface area contributed by atoms with Crippen LogP contribution in [0.1, 0.15) is 31.7 Å². The largest absolute Gasteiger partial charge is 0.355 e. The summed E-state index contributed by atoms with van der Waals surface area (Å²) in [6.45, 7) is 4.53. The number of benzene rings is 1. The van der Waals surface area contributed by atoms with Crippen LogP contribution in [0.3, 0.4) is 0 Å². The van der Waals surface area contributed by atoms with Crippen LogP contribution in [-0.4, -0.2) is 18.5 Å². The Morgan fingerprint density at radius 3 is 2.50 bits per heavy atom. The summed E-state index contributed by atoms with van der Waals surface area (Å²) in [6.07, 6.45) is 0.933. The van der Waals surface area contributed by atoms with Crippen molar-refractivity contribution in [2.75, 3.05) is 6.54 Å². The van der Waals surface area contributed by atoms with Crippen LogP contribution in [0, 0.1) is 0 Å². The zero-order valence-electron chi connectivity index (χ0n) is 9.94. The molecular formula is C13H20N2O. The van der Waals surface area contributed by atoms with Crippen molar-refractivity contribution in [1.29, 1.82) is 0 Å². The van der Waals surface area contributed by atoms with E-state index in [1.165, 1.54) is 5.56 Å². The summed E-state index contributed by atoms with van der Waals surface area (Å²) in [7, 11) is 0. The number of nitrogens with one attached hydrogen (secondary N) is 1. The van der Waals surface area contributed by atoms with Gasteiger partial charge in [-0.15, -0.1) is 0 Å². The van der Waals surface area contributed by atoms with Gasteiger partial charge < -0.3 is 11.1 Å². The number of nitrogens with two attached hydrogens (primary N) is 1. The number of rotatable bonds is 5. The van der Waals surface area contributed by atoms with Gasteiger partial charge >= 0.3 is 0 Å². The predicted octanol–water partition coefficient (Wildman–Crippen LogP) is 1.64. The molecule has 3 heteroatoms. The lowest BCUT2D eigenvalue weighted by Gasteiger charge is -2.13. The van der Waals surface area contributed by atoms with Crippen molar-refractivity contribution in [2.45, 2.75) is 32.2 Å². The van der Waals surface area contributed by atoms with E-state index < -0.39 is 6.04 Å². The number of carbonyl (C=O) groups is 1. The van der Waals surface area contributed by atoms with E-state index in [4.69, 9.17) is 5.73 Å². The molecule has 1 aromatic carbocycles. The Labute approximate surface area is 97.0 Å². The highest BCUT2D eigenvalue weighted by Crippen LogP contribution is 2.17. The molecule has 3 nitrogen and oxygen atoms in total. The lowest BCUT2D eigenvalue weighted by atomic mass is 9.98. The van der Waals surface area contributed by atoms with Crippen LogP contribution < -0.4 is 11.1 Å². The first-order valence-corrected chi connectivity index (χ1v) is 5.69. The summed E-state index contributed by atoms with van der Waals surface area (Å²) in [5, 5.41) is 2.82. The Morgan fingerprint density at radius 1 is 1.31 bits per heavy atom. The molecule has 0 heterocycles. The van der Waals surface area contributed by atoms with Crippen molar-refractivity contribution in [2.24, 2.45) is 5.73 Å². The van der Waals surface area contributed by atoms with Crippen LogP contribution in [-0.2, 0) is 4.79 Å². The van der Waals surface area contributed by atoms with Gasteiger partial charge in [-0.1, -0.05) is 37.3 Å². The summed E-state index contributed by atoms with van der Waals surface area (Å²) in [4.78, 5) is 11.2. The molecule has 0 radical (unpaired) electrons. The number of amides is 1. The lowest BCUT2D eigenvalue weighted by molar-refractivity contribution is -0.121. The molecule has 16 heavy (non-hydrogen) atoms. The fourth-order valence-electron chi connectivity index (χ4n) is 1.52. The van der Waals surface area contributed by atoms with Gasteiger partial charge in [0.2, 0.25) is 5.91 Å². The maximum Gasteiger partial charge on any atom is 0.236 e. The monoisotopic (exact) mass is 220 g/mol. The molecular weight excluding hydrogens is 200 g/mol. The van der Waals surface area contributed by atoms with Crippen molar-refractivity contribution in [3.63, 3.8) is 0 Å². The average molecular weight is 220 g/mol. The number of hydrogen-bond donors (Lipinski definition) is 2. The van der Waals surface area contributed by atoms with E-state index in [-0.39, 0.29) is 5.91 Å². The second kappa shape index (κ2) is 6.28. The van der Waals surface area contributed by atoms with Gasteiger partial charge in [0.15, 0.2) is 0 Å². The topological polar surface area (TPSA) is 55.1 Å². The number of hydrogen-bond acceptors (Lipinski definition) is 2. The third-order valence-corrected chi connectivity index (χ3v) is 2.66. The highest BCUT2D eigenvalue weighted by Gasteiger charge is 2.08. The van der Waals surface area contributed by atoms with Crippen LogP contribution in [0.2, 0.25) is 0 Å². The van der Waals surface area contributed by atoms with Gasteiger partial charge in [0.1, 0.15) is 0 Å². The summed E-state index contributed by atoms with van der Waals surface area (Å²) in [5.41, 5.74) is 6.76. The summed E-state index contributed by atoms with van der Waals surface area (Å²) >= 11 is 0. The van der Waals surface area contributed by atoms with E-state index in [1.807, 2.05) is 18.2 Å². The Morgan fingerprint density at radius 2 is 1.94 bits per heavy atom. The third kappa shape index (κ3) is 4.03. The van der Waals surface area contributed by atoms with Gasteiger partial charge in [0.25, 0.3) is 0 Å². The molecule has 2 atom stereocenters. The van der Waals surface area contributed by atoms with Gasteiger partial charge in [-0.05, 0) is 24.8 Å². The first kappa shape index (κ1) is 12.7. The minimum absolute atomic E-state index is 0.0831. The molecule has 0 fully saturated rings. The SMILES string of the molecule is CC(CCNC(=O)[C@@H](C)N)c1ccccc1. The fraction of sp³-hybridized carbons (Fsp3) is 0.462. The van der Waals surface area contributed by atoms with Gasteiger partial charge in [-0.2, -0.15) is 0 Å². The maximum atomic E-state index is 11.2. The highest BCUT2D eigenvalue weighted by atomic mass is 16.2. The van der Waals surface area contributed by atoms with Crippen LogP contribution in [0.25, 0.3) is 0 Å². The summed E-state index contributed by atoms with van der Waals surface area (Å²) in [5.74, 6) is 0.370. The van der Waals surface area contributed by atoms with E-state index in [0.29, 0.717) is 12.5 Å². The summed E-state index contributed by atoms with van der Waals surface area (Å²) in [6, 6.07) is 9.87. The Hall–Kier alpha value is -1.35. The van der Waals surface area contributed by atoms with Crippen molar-refractivity contribution >= 4 is 5.91 Å². The number of carbonyl (C=O) groups excluding carboxylic acids is 1. The second-order valence-corrected chi connectivity index (χ2v) is 4.18. The zero-order valence-corrected chi connectivity index (χ0v) is 9.94. The molecule has 0 aliphatic heterocycles. The van der Waals surface area contributed by atoms with E-state index >= 15 is 0 Å². The molecule has 0 saturated heterocycles. The second-order valence-electron chi connectivity index (χ2n) is 4.18. The highest BCUT2D eigenvalue weighted by molar-refractivity contribution is 5.80. The van der Waals surface area contributed by atoms with E-state index in [2.05, 4.69) is 24.4 Å². The molecule has 0 spiro atoms. The zero-order chi connectivity index (χ0) is 12.0. The first-order chi connectivity index (χ1) is 7.61. The van der Waals surface area contributed by atoms with Gasteiger partial charge in [-0.3, -0.25) is 4.79 Å². The minimum Gasteiger partial charge on any atom is -0.355 e. The van der Waals surface area contributed by atoms with Crippen LogP contribution in [0.15, 0.2) is 30.3 Å². The summed E-state index contributed by atoms with van der Waals surface area (Å²) < 4.78 is 0. The smallest absolute Gasteiger partial charge is 0.236 e. The molecule has 0 bridgehead atoms. The lowest BCUT2D eigenvalue weighted by Crippen LogP contribution is -2.38. The molecule has 0 saturated carbocycles. The quantitative estimate of drug-likeness (QED) is 0.792. The van der Waals surface area contributed by atoms with Crippen LogP contribution >= 0.6 is 0 Å². The fourth-order valence-corrected chi connectivity index (χ4v) is 1.52. The Bertz CT molecular complexity index is 322. The Balaban J connectivity index is 2.31. The van der Waals surface area contributed by atoms with Crippen molar-refractivity contribution in [3.05, 3.63) is 35.9 Å². The minimum atomic E-state index is -0.424. The molecule has 88 valence electrons. The molecule has 1 aromatic rings. The molecule has 1 amide bonds. The average Bonchev–Trinajstić information content (AvgIpc) is 2.29. The normalized spacial score (nSPS) is 14.2. The van der Waals surface area contributed by atoms with Gasteiger partial charge in [-0.25, -0.2) is 0 Å². The van der Waals surface area contributed by atoms with E-state index in [1.54, 1.807) is 6.92 Å². The van der Waals surface area contributed by atoms with Gasteiger partial charge in [0.05, 0.1) is 6.04 Å². The van der Waals surface area contributed by atoms with E-state index in [9.17, 15) is 4.79 Å². The maximum absolute atomic E-state index is 11.2. The molecule has 1 rings (SSSR count). The predicted molar refractivity (Wildman–Crippen MR) is 66.1 cm³/mol. The first-order valence-electron chi connectivity index (χ1n) is 5.69. The standard InChI is InChI=1S/C13H20N2O/c1-10(12-6-4-3-5-7-12)8-9-15-13(16)11(2)14/h3-7,10-11H,8-9,14H2,1-2H3,(H,15,16)/t10?,11-/m1/s1. The Kier molecular flexibility index (Phi) is 4.99.